The lowest BCUT2D eigenvalue weighted by atomic mass is 10.2. The minimum absolute atomic E-state index is 0.0501. The minimum Gasteiger partial charge on any atom is -0.618 e. The molecule has 0 saturated heterocycles. The summed E-state index contributed by atoms with van der Waals surface area (Å²) >= 11 is 1.55. The second-order valence-electron chi connectivity index (χ2n) is 4.90. The molecule has 8 heteroatoms. The second kappa shape index (κ2) is 6.19. The van der Waals surface area contributed by atoms with Gasteiger partial charge in [-0.25, -0.2) is 5.43 Å². The van der Waals surface area contributed by atoms with E-state index in [1.807, 2.05) is 17.5 Å². The summed E-state index contributed by atoms with van der Waals surface area (Å²) in [6.07, 6.45) is 0. The van der Waals surface area contributed by atoms with Crippen molar-refractivity contribution in [1.82, 2.24) is 10.9 Å². The molecule has 2 heterocycles. The zero-order valence-electron chi connectivity index (χ0n) is 12.3. The van der Waals surface area contributed by atoms with Gasteiger partial charge in [-0.15, -0.1) is 16.1 Å². The number of amides is 1. The molecule has 0 aliphatic heterocycles. The van der Waals surface area contributed by atoms with Crippen LogP contribution in [-0.2, 0) is 6.54 Å². The fraction of sp³-hybridized carbons (Fsp3) is 0.133. The SMILES string of the molecule is Cc1c(C(=O)NNCc2cccs2)[n+]([O-])c2ccccc2[n+]1[O-]. The van der Waals surface area contributed by atoms with Crippen LogP contribution in [0.5, 0.6) is 0 Å². The maximum absolute atomic E-state index is 12.4. The highest BCUT2D eigenvalue weighted by Crippen LogP contribution is 2.09. The first-order valence-corrected chi connectivity index (χ1v) is 7.77. The van der Waals surface area contributed by atoms with Gasteiger partial charge in [0.2, 0.25) is 0 Å². The van der Waals surface area contributed by atoms with Gasteiger partial charge in [0.25, 0.3) is 16.7 Å². The van der Waals surface area contributed by atoms with E-state index in [1.165, 1.54) is 13.0 Å². The van der Waals surface area contributed by atoms with Crippen molar-refractivity contribution >= 4 is 28.3 Å². The Labute approximate surface area is 135 Å². The van der Waals surface area contributed by atoms with Gasteiger partial charge in [0, 0.05) is 30.5 Å². The third-order valence-corrected chi connectivity index (χ3v) is 4.31. The van der Waals surface area contributed by atoms with Gasteiger partial charge in [-0.05, 0) is 11.4 Å². The second-order valence-corrected chi connectivity index (χ2v) is 5.93. The minimum atomic E-state index is -0.649. The van der Waals surface area contributed by atoms with Crippen LogP contribution in [0.15, 0.2) is 41.8 Å². The highest BCUT2D eigenvalue weighted by atomic mass is 32.1. The molecular formula is C15H14N4O3S. The summed E-state index contributed by atoms with van der Waals surface area (Å²) in [6.45, 7) is 1.88. The molecule has 0 atom stereocenters. The third kappa shape index (κ3) is 2.81. The predicted octanol–water partition coefficient (Wildman–Crippen LogP) is 0.911. The Bertz CT molecular complexity index is 865. The number of aromatic nitrogens is 2. The Kier molecular flexibility index (Phi) is 4.09. The largest absolute Gasteiger partial charge is 0.618 e. The Hall–Kier alpha value is -2.71. The van der Waals surface area contributed by atoms with E-state index in [0.717, 1.165) is 4.88 Å². The van der Waals surface area contributed by atoms with E-state index in [-0.39, 0.29) is 22.4 Å². The average molecular weight is 330 g/mol. The van der Waals surface area contributed by atoms with Crippen molar-refractivity contribution in [3.05, 3.63) is 68.5 Å². The van der Waals surface area contributed by atoms with Crippen LogP contribution in [0.25, 0.3) is 11.0 Å². The number of rotatable bonds is 4. The Morgan fingerprint density at radius 2 is 1.83 bits per heavy atom. The van der Waals surface area contributed by atoms with E-state index in [1.54, 1.807) is 29.5 Å². The fourth-order valence-electron chi connectivity index (χ4n) is 2.29. The van der Waals surface area contributed by atoms with Gasteiger partial charge >= 0.3 is 11.6 Å². The lowest BCUT2D eigenvalue weighted by molar-refractivity contribution is -0.635. The molecule has 3 rings (SSSR count). The van der Waals surface area contributed by atoms with Crippen molar-refractivity contribution < 1.29 is 14.3 Å². The normalized spacial score (nSPS) is 10.8. The highest BCUT2D eigenvalue weighted by Gasteiger charge is 2.30. The van der Waals surface area contributed by atoms with Crippen molar-refractivity contribution in [2.24, 2.45) is 0 Å². The van der Waals surface area contributed by atoms with Gasteiger partial charge in [-0.1, -0.05) is 18.2 Å². The molecule has 0 bridgehead atoms. The zero-order chi connectivity index (χ0) is 16.4. The number of nitrogens with one attached hydrogen (secondary N) is 2. The van der Waals surface area contributed by atoms with Crippen LogP contribution in [0.1, 0.15) is 21.1 Å². The summed E-state index contributed by atoms with van der Waals surface area (Å²) in [7, 11) is 0. The van der Waals surface area contributed by atoms with Crippen LogP contribution >= 0.6 is 11.3 Å². The molecule has 1 aromatic carbocycles. The summed E-state index contributed by atoms with van der Waals surface area (Å²) in [5, 5.41) is 26.6. The fourth-order valence-corrected chi connectivity index (χ4v) is 2.94. The first-order valence-electron chi connectivity index (χ1n) is 6.89. The highest BCUT2D eigenvalue weighted by molar-refractivity contribution is 7.09. The van der Waals surface area contributed by atoms with Gasteiger partial charge in [0.05, 0.1) is 0 Å². The summed E-state index contributed by atoms with van der Waals surface area (Å²) in [4.78, 5) is 13.3. The van der Waals surface area contributed by atoms with Crippen LogP contribution in [-0.4, -0.2) is 5.91 Å². The lowest BCUT2D eigenvalue weighted by Crippen LogP contribution is -2.50. The summed E-state index contributed by atoms with van der Waals surface area (Å²) in [5.41, 5.74) is 5.41. The van der Waals surface area contributed by atoms with Gasteiger partial charge in [0.1, 0.15) is 0 Å². The topological polar surface area (TPSA) is 95.0 Å². The Balaban J connectivity index is 1.88. The maximum Gasteiger partial charge on any atom is 0.352 e. The Morgan fingerprint density at radius 1 is 1.13 bits per heavy atom. The van der Waals surface area contributed by atoms with Gasteiger partial charge < -0.3 is 10.4 Å². The quantitative estimate of drug-likeness (QED) is 0.422. The van der Waals surface area contributed by atoms with Crippen molar-refractivity contribution in [2.45, 2.75) is 13.5 Å². The first kappa shape index (κ1) is 15.2. The number of hydrogen-bond donors (Lipinski definition) is 2. The number of benzene rings is 1. The van der Waals surface area contributed by atoms with Crippen LogP contribution in [0, 0.1) is 17.3 Å². The van der Waals surface area contributed by atoms with Gasteiger partial charge in [0.15, 0.2) is 0 Å². The maximum atomic E-state index is 12.4. The molecule has 23 heavy (non-hydrogen) atoms. The van der Waals surface area contributed by atoms with Crippen molar-refractivity contribution in [2.75, 3.05) is 0 Å². The monoisotopic (exact) mass is 330 g/mol. The number of hydrogen-bond acceptors (Lipinski definition) is 5. The number of thiophene rings is 1. The van der Waals surface area contributed by atoms with Crippen LogP contribution in [0.4, 0.5) is 0 Å². The number of para-hydroxylation sites is 2. The molecule has 0 saturated carbocycles. The van der Waals surface area contributed by atoms with Crippen LogP contribution in [0.3, 0.4) is 0 Å². The molecule has 118 valence electrons. The van der Waals surface area contributed by atoms with Crippen molar-refractivity contribution in [3.63, 3.8) is 0 Å². The molecule has 1 amide bonds. The molecule has 0 aliphatic carbocycles. The molecular weight excluding hydrogens is 316 g/mol. The van der Waals surface area contributed by atoms with E-state index in [0.29, 0.717) is 16.0 Å². The molecule has 7 nitrogen and oxygen atoms in total. The van der Waals surface area contributed by atoms with E-state index in [4.69, 9.17) is 0 Å². The molecule has 2 aromatic heterocycles. The standard InChI is InChI=1S/C15H14N4O3S/c1-10-14(15(20)17-16-9-11-5-4-8-23-11)19(22)13-7-3-2-6-12(13)18(10)21/h2-8,16H,9H2,1H3,(H,17,20). The summed E-state index contributed by atoms with van der Waals surface area (Å²) in [5.74, 6) is -0.649. The van der Waals surface area contributed by atoms with E-state index in [9.17, 15) is 15.2 Å². The number of carbonyl (C=O) groups is 1. The predicted molar refractivity (Wildman–Crippen MR) is 85.2 cm³/mol. The number of nitrogens with zero attached hydrogens (tertiary/aromatic N) is 2. The molecule has 2 N–H and O–H groups in total. The van der Waals surface area contributed by atoms with Gasteiger partial charge in [-0.3, -0.25) is 10.2 Å². The third-order valence-electron chi connectivity index (χ3n) is 3.43. The Morgan fingerprint density at radius 3 is 2.48 bits per heavy atom. The molecule has 0 aliphatic rings. The van der Waals surface area contributed by atoms with E-state index < -0.39 is 5.91 Å². The van der Waals surface area contributed by atoms with Crippen LogP contribution in [0.2, 0.25) is 0 Å². The molecule has 0 spiro atoms. The molecule has 0 radical (unpaired) electrons. The smallest absolute Gasteiger partial charge is 0.352 e. The van der Waals surface area contributed by atoms with Gasteiger partial charge in [-0.2, -0.15) is 4.73 Å². The lowest BCUT2D eigenvalue weighted by Gasteiger charge is -2.11. The molecule has 0 fully saturated rings. The van der Waals surface area contributed by atoms with Crippen molar-refractivity contribution in [1.29, 1.82) is 0 Å². The first-order chi connectivity index (χ1) is 11.1. The summed E-state index contributed by atoms with van der Waals surface area (Å²) in [6, 6.07) is 10.2. The number of fused-ring (bicyclic) bond motifs is 1. The zero-order valence-corrected chi connectivity index (χ0v) is 13.1. The van der Waals surface area contributed by atoms with E-state index >= 15 is 0 Å². The number of hydrazine groups is 1. The molecule has 3 aromatic rings. The van der Waals surface area contributed by atoms with E-state index in [2.05, 4.69) is 10.9 Å². The van der Waals surface area contributed by atoms with Crippen LogP contribution < -0.4 is 20.3 Å². The number of carbonyl (C=O) groups excluding carboxylic acids is 1. The summed E-state index contributed by atoms with van der Waals surface area (Å²) < 4.78 is 1.08. The average Bonchev–Trinajstić information content (AvgIpc) is 3.06. The van der Waals surface area contributed by atoms with Crippen molar-refractivity contribution in [3.8, 4) is 0 Å². The molecule has 0 unspecified atom stereocenters.